The summed E-state index contributed by atoms with van der Waals surface area (Å²) in [5.41, 5.74) is 0. The van der Waals surface area contributed by atoms with Gasteiger partial charge in [0.25, 0.3) is 0 Å². The Morgan fingerprint density at radius 3 is 2.94 bits per heavy atom. The maximum absolute atomic E-state index is 11.9. The summed E-state index contributed by atoms with van der Waals surface area (Å²) < 4.78 is 0. The van der Waals surface area contributed by atoms with E-state index >= 15 is 0 Å². The van der Waals surface area contributed by atoms with Crippen molar-refractivity contribution in [2.45, 2.75) is 31.4 Å². The van der Waals surface area contributed by atoms with Gasteiger partial charge in [-0.25, -0.2) is 0 Å². The third kappa shape index (κ3) is 3.14. The van der Waals surface area contributed by atoms with Crippen molar-refractivity contribution in [3.63, 3.8) is 0 Å². The summed E-state index contributed by atoms with van der Waals surface area (Å²) >= 11 is 2.02. The van der Waals surface area contributed by atoms with Crippen LogP contribution in [0.2, 0.25) is 0 Å². The Bertz CT molecular complexity index is 241. The lowest BCUT2D eigenvalue weighted by atomic mass is 9.97. The SMILES string of the molecule is C[C@@H]1CNC[C@H]1C(=O)NCC1CCCCS1. The fourth-order valence-electron chi connectivity index (χ4n) is 2.47. The predicted octanol–water partition coefficient (Wildman–Crippen LogP) is 1.24. The summed E-state index contributed by atoms with van der Waals surface area (Å²) in [5.74, 6) is 2.19. The summed E-state index contributed by atoms with van der Waals surface area (Å²) in [7, 11) is 0. The van der Waals surface area contributed by atoms with Crippen LogP contribution in [0.3, 0.4) is 0 Å². The first-order chi connectivity index (χ1) is 7.77. The highest BCUT2D eigenvalue weighted by Gasteiger charge is 2.29. The van der Waals surface area contributed by atoms with E-state index in [-0.39, 0.29) is 11.8 Å². The fraction of sp³-hybridized carbons (Fsp3) is 0.917. The lowest BCUT2D eigenvalue weighted by Gasteiger charge is -2.22. The Morgan fingerprint density at radius 1 is 1.44 bits per heavy atom. The Labute approximate surface area is 102 Å². The molecule has 1 amide bonds. The number of amides is 1. The molecule has 2 rings (SSSR count). The molecule has 2 N–H and O–H groups in total. The molecule has 4 heteroatoms. The molecule has 0 aliphatic carbocycles. The molecule has 0 aromatic carbocycles. The third-order valence-corrected chi connectivity index (χ3v) is 5.03. The van der Waals surface area contributed by atoms with Crippen LogP contribution >= 0.6 is 11.8 Å². The first-order valence-electron chi connectivity index (χ1n) is 6.37. The van der Waals surface area contributed by atoms with E-state index in [1.54, 1.807) is 0 Å². The summed E-state index contributed by atoms with van der Waals surface area (Å²) in [5, 5.41) is 7.05. The number of carbonyl (C=O) groups is 1. The Morgan fingerprint density at radius 2 is 2.31 bits per heavy atom. The average Bonchev–Trinajstić information content (AvgIpc) is 2.74. The number of hydrogen-bond acceptors (Lipinski definition) is 3. The lowest BCUT2D eigenvalue weighted by Crippen LogP contribution is -2.38. The highest BCUT2D eigenvalue weighted by molar-refractivity contribution is 7.99. The van der Waals surface area contributed by atoms with Gasteiger partial charge < -0.3 is 10.6 Å². The Balaban J connectivity index is 1.70. The van der Waals surface area contributed by atoms with Gasteiger partial charge in [-0.1, -0.05) is 13.3 Å². The van der Waals surface area contributed by atoms with Crippen molar-refractivity contribution < 1.29 is 4.79 Å². The number of thioether (sulfide) groups is 1. The van der Waals surface area contributed by atoms with Crippen LogP contribution in [0.25, 0.3) is 0 Å². The van der Waals surface area contributed by atoms with Crippen molar-refractivity contribution in [3.05, 3.63) is 0 Å². The molecule has 2 saturated heterocycles. The van der Waals surface area contributed by atoms with E-state index in [0.717, 1.165) is 19.6 Å². The van der Waals surface area contributed by atoms with Crippen LogP contribution < -0.4 is 10.6 Å². The zero-order valence-corrected chi connectivity index (χ0v) is 10.8. The summed E-state index contributed by atoms with van der Waals surface area (Å²) in [6, 6.07) is 0. The molecule has 0 radical (unpaired) electrons. The van der Waals surface area contributed by atoms with Gasteiger partial charge in [0.2, 0.25) is 5.91 Å². The van der Waals surface area contributed by atoms with E-state index in [1.807, 2.05) is 11.8 Å². The highest BCUT2D eigenvalue weighted by Crippen LogP contribution is 2.24. The van der Waals surface area contributed by atoms with Gasteiger partial charge in [0.15, 0.2) is 0 Å². The maximum atomic E-state index is 11.9. The highest BCUT2D eigenvalue weighted by atomic mass is 32.2. The molecule has 2 aliphatic rings. The van der Waals surface area contributed by atoms with Gasteiger partial charge in [0, 0.05) is 18.3 Å². The topological polar surface area (TPSA) is 41.1 Å². The van der Waals surface area contributed by atoms with Crippen LogP contribution in [0.4, 0.5) is 0 Å². The van der Waals surface area contributed by atoms with E-state index in [0.29, 0.717) is 11.2 Å². The Hall–Kier alpha value is -0.220. The van der Waals surface area contributed by atoms with Gasteiger partial charge in [0.1, 0.15) is 0 Å². The summed E-state index contributed by atoms with van der Waals surface area (Å²) in [4.78, 5) is 11.9. The quantitative estimate of drug-likeness (QED) is 0.782. The molecule has 92 valence electrons. The number of carbonyl (C=O) groups excluding carboxylic acids is 1. The standard InChI is InChI=1S/C12H22N2OS/c1-9-6-13-8-11(9)12(15)14-7-10-4-2-3-5-16-10/h9-11,13H,2-8H2,1H3,(H,14,15)/t9-,10?,11-/m1/s1. The number of rotatable bonds is 3. The average molecular weight is 242 g/mol. The van der Waals surface area contributed by atoms with Gasteiger partial charge in [-0.3, -0.25) is 4.79 Å². The smallest absolute Gasteiger partial charge is 0.224 e. The second-order valence-electron chi connectivity index (χ2n) is 4.98. The molecule has 2 fully saturated rings. The Kier molecular flexibility index (Phi) is 4.53. The van der Waals surface area contributed by atoms with E-state index in [1.165, 1.54) is 25.0 Å². The first kappa shape index (κ1) is 12.2. The van der Waals surface area contributed by atoms with E-state index in [2.05, 4.69) is 17.6 Å². The van der Waals surface area contributed by atoms with Crippen LogP contribution in [0.15, 0.2) is 0 Å². The zero-order valence-electron chi connectivity index (χ0n) is 10.00. The van der Waals surface area contributed by atoms with Gasteiger partial charge in [-0.15, -0.1) is 0 Å². The van der Waals surface area contributed by atoms with Crippen LogP contribution in [-0.2, 0) is 4.79 Å². The first-order valence-corrected chi connectivity index (χ1v) is 7.42. The maximum Gasteiger partial charge on any atom is 0.224 e. The molecule has 0 aromatic heterocycles. The zero-order chi connectivity index (χ0) is 11.4. The van der Waals surface area contributed by atoms with Gasteiger partial charge >= 0.3 is 0 Å². The van der Waals surface area contributed by atoms with Gasteiger partial charge in [0.05, 0.1) is 5.92 Å². The molecular weight excluding hydrogens is 220 g/mol. The minimum absolute atomic E-state index is 0.189. The molecule has 0 bridgehead atoms. The second kappa shape index (κ2) is 5.92. The van der Waals surface area contributed by atoms with Crippen LogP contribution in [0, 0.1) is 11.8 Å². The molecular formula is C12H22N2OS. The normalized spacial score (nSPS) is 34.9. The van der Waals surface area contributed by atoms with E-state index in [4.69, 9.17) is 0 Å². The van der Waals surface area contributed by atoms with Crippen molar-refractivity contribution in [1.29, 1.82) is 0 Å². The van der Waals surface area contributed by atoms with Crippen LogP contribution in [0.1, 0.15) is 26.2 Å². The van der Waals surface area contributed by atoms with E-state index < -0.39 is 0 Å². The lowest BCUT2D eigenvalue weighted by molar-refractivity contribution is -0.125. The van der Waals surface area contributed by atoms with Crippen molar-refractivity contribution in [2.75, 3.05) is 25.4 Å². The molecule has 2 aliphatic heterocycles. The third-order valence-electron chi connectivity index (χ3n) is 3.63. The molecule has 0 aromatic rings. The molecule has 3 nitrogen and oxygen atoms in total. The molecule has 16 heavy (non-hydrogen) atoms. The molecule has 2 heterocycles. The predicted molar refractivity (Wildman–Crippen MR) is 68.6 cm³/mol. The van der Waals surface area contributed by atoms with Crippen molar-refractivity contribution in [3.8, 4) is 0 Å². The number of hydrogen-bond donors (Lipinski definition) is 2. The largest absolute Gasteiger partial charge is 0.355 e. The van der Waals surface area contributed by atoms with Crippen molar-refractivity contribution >= 4 is 17.7 Å². The summed E-state index contributed by atoms with van der Waals surface area (Å²) in [6.07, 6.45) is 3.94. The molecule has 0 spiro atoms. The molecule has 0 saturated carbocycles. The van der Waals surface area contributed by atoms with Crippen molar-refractivity contribution in [1.82, 2.24) is 10.6 Å². The van der Waals surface area contributed by atoms with Gasteiger partial charge in [-0.2, -0.15) is 11.8 Å². The van der Waals surface area contributed by atoms with Crippen LogP contribution in [-0.4, -0.2) is 36.5 Å². The monoisotopic (exact) mass is 242 g/mol. The molecule has 3 atom stereocenters. The molecule has 1 unspecified atom stereocenters. The fourth-order valence-corrected chi connectivity index (χ4v) is 3.71. The van der Waals surface area contributed by atoms with Crippen LogP contribution in [0.5, 0.6) is 0 Å². The van der Waals surface area contributed by atoms with E-state index in [9.17, 15) is 4.79 Å². The minimum Gasteiger partial charge on any atom is -0.355 e. The number of nitrogens with one attached hydrogen (secondary N) is 2. The summed E-state index contributed by atoms with van der Waals surface area (Å²) in [6.45, 7) is 4.85. The minimum atomic E-state index is 0.189. The van der Waals surface area contributed by atoms with Gasteiger partial charge in [-0.05, 0) is 31.1 Å². The van der Waals surface area contributed by atoms with Crippen molar-refractivity contribution in [2.24, 2.45) is 11.8 Å². The second-order valence-corrected chi connectivity index (χ2v) is 6.38.